The van der Waals surface area contributed by atoms with Gasteiger partial charge in [-0.3, -0.25) is 19.3 Å². The van der Waals surface area contributed by atoms with Gasteiger partial charge in [-0.1, -0.05) is 22.9 Å². The molecule has 2 fully saturated rings. The van der Waals surface area contributed by atoms with E-state index in [1.54, 1.807) is 11.0 Å². The van der Waals surface area contributed by atoms with E-state index in [2.05, 4.69) is 15.9 Å². The van der Waals surface area contributed by atoms with Gasteiger partial charge >= 0.3 is 0 Å². The number of hydrogen-bond donors (Lipinski definition) is 0. The van der Waals surface area contributed by atoms with Crippen LogP contribution in [0.5, 0.6) is 5.75 Å². The molecule has 0 atom stereocenters. The van der Waals surface area contributed by atoms with Gasteiger partial charge < -0.3 is 9.64 Å². The molecule has 0 N–H and O–H groups in total. The zero-order valence-corrected chi connectivity index (χ0v) is 18.2. The minimum atomic E-state index is -0.429. The Bertz CT molecular complexity index is 805. The minimum Gasteiger partial charge on any atom is -0.493 e. The van der Waals surface area contributed by atoms with E-state index in [1.165, 1.54) is 0 Å². The molecule has 0 unspecified atom stereocenters. The zero-order valence-electron chi connectivity index (χ0n) is 15.8. The third-order valence-corrected chi connectivity index (χ3v) is 6.00. The van der Waals surface area contributed by atoms with Gasteiger partial charge in [0.25, 0.3) is 11.1 Å². The summed E-state index contributed by atoms with van der Waals surface area (Å²) in [7, 11) is 0. The Kier molecular flexibility index (Phi) is 7.18. The number of carbonyl (C=O) groups excluding carboxylic acids is 3. The summed E-state index contributed by atoms with van der Waals surface area (Å²) >= 11 is 4.29. The van der Waals surface area contributed by atoms with Crippen molar-refractivity contribution in [3.05, 3.63) is 33.1 Å². The minimum absolute atomic E-state index is 0.169. The summed E-state index contributed by atoms with van der Waals surface area (Å²) in [4.78, 5) is 40.6. The Balaban J connectivity index is 1.75. The largest absolute Gasteiger partial charge is 0.493 e. The number of carbonyl (C=O) groups is 3. The number of amides is 3. The van der Waals surface area contributed by atoms with Gasteiger partial charge in [0.2, 0.25) is 5.91 Å². The average molecular weight is 467 g/mol. The number of likely N-dealkylation sites (tertiary alicyclic amines) is 1. The van der Waals surface area contributed by atoms with E-state index >= 15 is 0 Å². The lowest BCUT2D eigenvalue weighted by Gasteiger charge is -2.27. The van der Waals surface area contributed by atoms with Crippen LogP contribution in [-0.2, 0) is 9.59 Å². The molecule has 0 bridgehead atoms. The van der Waals surface area contributed by atoms with Gasteiger partial charge in [-0.15, -0.1) is 0 Å². The zero-order chi connectivity index (χ0) is 20.1. The number of benzene rings is 1. The maximum atomic E-state index is 12.7. The van der Waals surface area contributed by atoms with Crippen molar-refractivity contribution < 1.29 is 19.1 Å². The topological polar surface area (TPSA) is 66.9 Å². The van der Waals surface area contributed by atoms with Crippen LogP contribution in [0, 0.1) is 0 Å². The first kappa shape index (κ1) is 20.9. The fourth-order valence-corrected chi connectivity index (χ4v) is 4.34. The Hall–Kier alpha value is -1.80. The number of nitrogens with zero attached hydrogens (tertiary/aromatic N) is 2. The van der Waals surface area contributed by atoms with Crippen molar-refractivity contribution in [2.45, 2.75) is 32.6 Å². The van der Waals surface area contributed by atoms with Crippen molar-refractivity contribution in [3.63, 3.8) is 0 Å². The third-order valence-electron chi connectivity index (χ3n) is 4.60. The van der Waals surface area contributed by atoms with Crippen molar-refractivity contribution in [2.75, 3.05) is 26.2 Å². The molecule has 3 rings (SSSR count). The van der Waals surface area contributed by atoms with Crippen molar-refractivity contribution >= 4 is 50.8 Å². The van der Waals surface area contributed by atoms with Gasteiger partial charge in [0.05, 0.1) is 11.5 Å². The molecule has 0 spiro atoms. The fraction of sp³-hybridized carbons (Fsp3) is 0.450. The lowest BCUT2D eigenvalue weighted by atomic mass is 10.1. The van der Waals surface area contributed by atoms with Gasteiger partial charge in [-0.05, 0) is 61.7 Å². The molecule has 8 heteroatoms. The second-order valence-electron chi connectivity index (χ2n) is 6.74. The molecule has 2 saturated heterocycles. The molecule has 2 aliphatic rings. The molecule has 1 aromatic rings. The molecule has 2 aliphatic heterocycles. The first-order valence-corrected chi connectivity index (χ1v) is 11.1. The van der Waals surface area contributed by atoms with Crippen LogP contribution in [0.4, 0.5) is 4.79 Å². The van der Waals surface area contributed by atoms with E-state index in [0.717, 1.165) is 52.4 Å². The fourth-order valence-electron chi connectivity index (χ4n) is 3.13. The quantitative estimate of drug-likeness (QED) is 0.585. The van der Waals surface area contributed by atoms with E-state index in [1.807, 2.05) is 25.1 Å². The van der Waals surface area contributed by atoms with Crippen LogP contribution in [0.1, 0.15) is 38.2 Å². The number of imide groups is 1. The number of ether oxygens (including phenoxy) is 1. The average Bonchev–Trinajstić information content (AvgIpc) is 2.95. The predicted octanol–water partition coefficient (Wildman–Crippen LogP) is 4.29. The Morgan fingerprint density at radius 1 is 1.25 bits per heavy atom. The lowest BCUT2D eigenvalue weighted by molar-refractivity contribution is -0.136. The van der Waals surface area contributed by atoms with Crippen molar-refractivity contribution in [1.82, 2.24) is 9.80 Å². The van der Waals surface area contributed by atoms with Gasteiger partial charge in [-0.25, -0.2) is 0 Å². The van der Waals surface area contributed by atoms with E-state index in [9.17, 15) is 14.4 Å². The first-order chi connectivity index (χ1) is 13.5. The molecule has 6 nitrogen and oxygen atoms in total. The molecule has 0 aromatic heterocycles. The molecule has 0 saturated carbocycles. The lowest BCUT2D eigenvalue weighted by Crippen LogP contribution is -2.44. The summed E-state index contributed by atoms with van der Waals surface area (Å²) in [5.41, 5.74) is 0.718. The molecule has 28 heavy (non-hydrogen) atoms. The van der Waals surface area contributed by atoms with E-state index in [4.69, 9.17) is 4.74 Å². The number of rotatable bonds is 6. The molecule has 3 amide bonds. The summed E-state index contributed by atoms with van der Waals surface area (Å²) in [5, 5.41) is -0.410. The summed E-state index contributed by atoms with van der Waals surface area (Å²) in [5.74, 6) is 0.0562. The van der Waals surface area contributed by atoms with E-state index in [-0.39, 0.29) is 12.5 Å². The van der Waals surface area contributed by atoms with Crippen LogP contribution in [0.3, 0.4) is 0 Å². The van der Waals surface area contributed by atoms with E-state index in [0.29, 0.717) is 30.4 Å². The van der Waals surface area contributed by atoms with Gasteiger partial charge in [0, 0.05) is 23.1 Å². The van der Waals surface area contributed by atoms with Gasteiger partial charge in [0.1, 0.15) is 12.3 Å². The molecular formula is C20H23BrN2O4S. The number of thioether (sulfide) groups is 1. The molecule has 0 radical (unpaired) electrons. The Morgan fingerprint density at radius 3 is 2.71 bits per heavy atom. The van der Waals surface area contributed by atoms with Crippen LogP contribution in [0.2, 0.25) is 0 Å². The normalized spacial score (nSPS) is 18.9. The highest BCUT2D eigenvalue weighted by Gasteiger charge is 2.37. The molecular weight excluding hydrogens is 444 g/mol. The monoisotopic (exact) mass is 466 g/mol. The standard InChI is InChI=1S/C20H23BrN2O4S/c1-2-10-27-16-7-6-15(21)11-14(16)12-17-19(25)23(20(26)28-17)13-18(24)22-8-4-3-5-9-22/h6-7,11-12H,2-5,8-10,13H2,1H3/b17-12+. The van der Waals surface area contributed by atoms with E-state index < -0.39 is 11.1 Å². The number of piperidine rings is 1. The second-order valence-corrected chi connectivity index (χ2v) is 8.65. The number of halogens is 1. The Morgan fingerprint density at radius 2 is 2.00 bits per heavy atom. The van der Waals surface area contributed by atoms with Crippen molar-refractivity contribution in [2.24, 2.45) is 0 Å². The second kappa shape index (κ2) is 9.60. The van der Waals surface area contributed by atoms with Crippen molar-refractivity contribution in [1.29, 1.82) is 0 Å². The van der Waals surface area contributed by atoms with Crippen LogP contribution < -0.4 is 4.74 Å². The maximum absolute atomic E-state index is 12.7. The molecule has 0 aliphatic carbocycles. The maximum Gasteiger partial charge on any atom is 0.294 e. The Labute approximate surface area is 177 Å². The third kappa shape index (κ3) is 4.97. The van der Waals surface area contributed by atoms with Crippen LogP contribution in [0.15, 0.2) is 27.6 Å². The van der Waals surface area contributed by atoms with Gasteiger partial charge in [-0.2, -0.15) is 0 Å². The predicted molar refractivity (Wildman–Crippen MR) is 113 cm³/mol. The van der Waals surface area contributed by atoms with Crippen LogP contribution >= 0.6 is 27.7 Å². The summed E-state index contributed by atoms with van der Waals surface area (Å²) < 4.78 is 6.59. The highest BCUT2D eigenvalue weighted by Crippen LogP contribution is 2.35. The van der Waals surface area contributed by atoms with Crippen LogP contribution in [-0.4, -0.2) is 53.1 Å². The van der Waals surface area contributed by atoms with Gasteiger partial charge in [0.15, 0.2) is 0 Å². The summed E-state index contributed by atoms with van der Waals surface area (Å²) in [6, 6.07) is 5.54. The highest BCUT2D eigenvalue weighted by molar-refractivity contribution is 9.10. The highest BCUT2D eigenvalue weighted by atomic mass is 79.9. The SMILES string of the molecule is CCCOc1ccc(Br)cc1/C=C1/SC(=O)N(CC(=O)N2CCCCC2)C1=O. The summed E-state index contributed by atoms with van der Waals surface area (Å²) in [6.45, 7) is 3.78. The molecule has 2 heterocycles. The molecule has 150 valence electrons. The van der Waals surface area contributed by atoms with Crippen molar-refractivity contribution in [3.8, 4) is 5.75 Å². The smallest absolute Gasteiger partial charge is 0.294 e. The van der Waals surface area contributed by atoms with Crippen LogP contribution in [0.25, 0.3) is 6.08 Å². The first-order valence-electron chi connectivity index (χ1n) is 9.45. The summed E-state index contributed by atoms with van der Waals surface area (Å²) in [6.07, 6.45) is 5.58. The number of hydrogen-bond acceptors (Lipinski definition) is 5. The molecule has 1 aromatic carbocycles.